The van der Waals surface area contributed by atoms with Gasteiger partial charge in [0, 0.05) is 10.6 Å². The monoisotopic (exact) mass is 300 g/mol. The predicted molar refractivity (Wildman–Crippen MR) is 71.0 cm³/mol. The van der Waals surface area contributed by atoms with Crippen molar-refractivity contribution in [1.29, 1.82) is 0 Å². The van der Waals surface area contributed by atoms with Crippen LogP contribution in [0.1, 0.15) is 21.5 Å². The van der Waals surface area contributed by atoms with Crippen molar-refractivity contribution in [3.63, 3.8) is 0 Å². The Morgan fingerprint density at radius 2 is 1.68 bits per heavy atom. The van der Waals surface area contributed by atoms with Crippen molar-refractivity contribution in [3.8, 4) is 0 Å². The van der Waals surface area contributed by atoms with Crippen LogP contribution in [0.3, 0.4) is 0 Å². The lowest BCUT2D eigenvalue weighted by Crippen LogP contribution is -2.07. The second-order valence-electron chi connectivity index (χ2n) is 4.01. The van der Waals surface area contributed by atoms with Gasteiger partial charge in [0.25, 0.3) is 0 Å². The van der Waals surface area contributed by atoms with Crippen LogP contribution in [0.4, 0.5) is 8.78 Å². The highest BCUT2D eigenvalue weighted by atomic mass is 35.5. The Morgan fingerprint density at radius 3 is 2.37 bits per heavy atom. The van der Waals surface area contributed by atoms with Crippen LogP contribution in [-0.2, 0) is 0 Å². The first-order chi connectivity index (χ1) is 8.91. The SMILES string of the molecule is Cc1ccc(C(=O)c2cc(Cl)ccc2Cl)c(F)c1F. The zero-order valence-electron chi connectivity index (χ0n) is 9.81. The molecule has 1 nitrogen and oxygen atoms in total. The molecule has 0 radical (unpaired) electrons. The molecule has 0 aliphatic heterocycles. The number of rotatable bonds is 2. The Hall–Kier alpha value is -1.45. The normalized spacial score (nSPS) is 10.6. The van der Waals surface area contributed by atoms with Crippen molar-refractivity contribution in [3.05, 3.63) is 68.7 Å². The molecule has 0 saturated heterocycles. The van der Waals surface area contributed by atoms with E-state index in [2.05, 4.69) is 0 Å². The molecule has 0 bridgehead atoms. The van der Waals surface area contributed by atoms with E-state index >= 15 is 0 Å². The molecule has 0 fully saturated rings. The van der Waals surface area contributed by atoms with Gasteiger partial charge in [-0.05, 0) is 36.8 Å². The molecule has 2 rings (SSSR count). The molecule has 19 heavy (non-hydrogen) atoms. The molecule has 0 saturated carbocycles. The van der Waals surface area contributed by atoms with E-state index in [-0.39, 0.29) is 21.7 Å². The fraction of sp³-hybridized carbons (Fsp3) is 0.0714. The highest BCUT2D eigenvalue weighted by Crippen LogP contribution is 2.25. The van der Waals surface area contributed by atoms with Gasteiger partial charge in [0.15, 0.2) is 17.4 Å². The van der Waals surface area contributed by atoms with Crippen LogP contribution >= 0.6 is 23.2 Å². The Balaban J connectivity index is 2.56. The summed E-state index contributed by atoms with van der Waals surface area (Å²) in [5.41, 5.74) is -0.199. The molecular formula is C14H8Cl2F2O. The lowest BCUT2D eigenvalue weighted by molar-refractivity contribution is 0.103. The second-order valence-corrected chi connectivity index (χ2v) is 4.85. The van der Waals surface area contributed by atoms with E-state index in [9.17, 15) is 13.6 Å². The van der Waals surface area contributed by atoms with Crippen LogP contribution in [0.2, 0.25) is 10.0 Å². The highest BCUT2D eigenvalue weighted by molar-refractivity contribution is 6.36. The number of hydrogen-bond donors (Lipinski definition) is 0. The predicted octanol–water partition coefficient (Wildman–Crippen LogP) is 4.81. The van der Waals surface area contributed by atoms with E-state index in [1.165, 1.54) is 37.3 Å². The first-order valence-corrected chi connectivity index (χ1v) is 6.11. The number of hydrogen-bond acceptors (Lipinski definition) is 1. The Morgan fingerprint density at radius 1 is 1.00 bits per heavy atom. The fourth-order valence-corrected chi connectivity index (χ4v) is 2.01. The van der Waals surface area contributed by atoms with Crippen LogP contribution in [0.25, 0.3) is 0 Å². The lowest BCUT2D eigenvalue weighted by atomic mass is 10.0. The summed E-state index contributed by atoms with van der Waals surface area (Å²) in [6.45, 7) is 1.42. The van der Waals surface area contributed by atoms with E-state index in [1.54, 1.807) is 0 Å². The fourth-order valence-electron chi connectivity index (χ4n) is 1.64. The second kappa shape index (κ2) is 5.27. The first-order valence-electron chi connectivity index (χ1n) is 5.36. The van der Waals surface area contributed by atoms with Crippen molar-refractivity contribution in [2.24, 2.45) is 0 Å². The van der Waals surface area contributed by atoms with Gasteiger partial charge < -0.3 is 0 Å². The zero-order chi connectivity index (χ0) is 14.2. The summed E-state index contributed by atoms with van der Waals surface area (Å²) in [5.74, 6) is -2.92. The molecular weight excluding hydrogens is 293 g/mol. The zero-order valence-corrected chi connectivity index (χ0v) is 11.3. The minimum Gasteiger partial charge on any atom is -0.288 e. The summed E-state index contributed by atoms with van der Waals surface area (Å²) >= 11 is 11.6. The Bertz CT molecular complexity index is 669. The topological polar surface area (TPSA) is 17.1 Å². The largest absolute Gasteiger partial charge is 0.288 e. The Kier molecular flexibility index (Phi) is 3.88. The molecule has 0 aliphatic carbocycles. The molecule has 0 amide bonds. The van der Waals surface area contributed by atoms with E-state index in [0.29, 0.717) is 5.02 Å². The van der Waals surface area contributed by atoms with Gasteiger partial charge in [-0.25, -0.2) is 8.78 Å². The molecule has 5 heteroatoms. The average Bonchev–Trinajstić information content (AvgIpc) is 2.38. The van der Waals surface area contributed by atoms with Gasteiger partial charge >= 0.3 is 0 Å². The van der Waals surface area contributed by atoms with Gasteiger partial charge in [-0.3, -0.25) is 4.79 Å². The van der Waals surface area contributed by atoms with Gasteiger partial charge in [0.2, 0.25) is 0 Å². The molecule has 98 valence electrons. The third-order valence-corrected chi connectivity index (χ3v) is 3.26. The van der Waals surface area contributed by atoms with Gasteiger partial charge in [0.1, 0.15) is 0 Å². The van der Waals surface area contributed by atoms with E-state index in [1.807, 2.05) is 0 Å². The third kappa shape index (κ3) is 2.62. The lowest BCUT2D eigenvalue weighted by Gasteiger charge is -2.07. The van der Waals surface area contributed by atoms with E-state index < -0.39 is 17.4 Å². The number of halogens is 4. The number of carbonyl (C=O) groups excluding carboxylic acids is 1. The summed E-state index contributed by atoms with van der Waals surface area (Å²) < 4.78 is 27.2. The molecule has 0 spiro atoms. The minimum atomic E-state index is -1.18. The number of benzene rings is 2. The minimum absolute atomic E-state index is 0.0383. The van der Waals surface area contributed by atoms with Crippen LogP contribution in [0, 0.1) is 18.6 Å². The van der Waals surface area contributed by atoms with Crippen molar-refractivity contribution in [2.75, 3.05) is 0 Å². The molecule has 0 N–H and O–H groups in total. The van der Waals surface area contributed by atoms with E-state index in [4.69, 9.17) is 23.2 Å². The maximum Gasteiger partial charge on any atom is 0.197 e. The summed E-state index contributed by atoms with van der Waals surface area (Å²) in [7, 11) is 0. The van der Waals surface area contributed by atoms with Gasteiger partial charge in [-0.1, -0.05) is 29.3 Å². The quantitative estimate of drug-likeness (QED) is 0.727. The summed E-state index contributed by atoms with van der Waals surface area (Å²) in [5, 5.41) is 0.426. The number of aryl methyl sites for hydroxylation is 1. The highest BCUT2D eigenvalue weighted by Gasteiger charge is 2.20. The van der Waals surface area contributed by atoms with Crippen LogP contribution in [0.5, 0.6) is 0 Å². The molecule has 0 aliphatic rings. The first kappa shape index (κ1) is 14.0. The standard InChI is InChI=1S/C14H8Cl2F2O/c1-7-2-4-9(13(18)12(7)17)14(19)10-6-8(15)3-5-11(10)16/h2-6H,1H3. The van der Waals surface area contributed by atoms with Gasteiger partial charge in [0.05, 0.1) is 10.6 Å². The molecule has 0 atom stereocenters. The van der Waals surface area contributed by atoms with Crippen molar-refractivity contribution in [2.45, 2.75) is 6.92 Å². The molecule has 0 unspecified atom stereocenters. The number of carbonyl (C=O) groups is 1. The smallest absolute Gasteiger partial charge is 0.197 e. The molecule has 0 aromatic heterocycles. The van der Waals surface area contributed by atoms with Crippen LogP contribution < -0.4 is 0 Å². The summed E-state index contributed by atoms with van der Waals surface area (Å²) in [4.78, 5) is 12.2. The van der Waals surface area contributed by atoms with Crippen LogP contribution in [0.15, 0.2) is 30.3 Å². The Labute approximate surface area is 118 Å². The van der Waals surface area contributed by atoms with Crippen molar-refractivity contribution >= 4 is 29.0 Å². The molecule has 2 aromatic rings. The maximum absolute atomic E-state index is 13.8. The molecule has 2 aromatic carbocycles. The maximum atomic E-state index is 13.8. The van der Waals surface area contributed by atoms with Crippen molar-refractivity contribution < 1.29 is 13.6 Å². The molecule has 0 heterocycles. The van der Waals surface area contributed by atoms with Crippen molar-refractivity contribution in [1.82, 2.24) is 0 Å². The van der Waals surface area contributed by atoms with Gasteiger partial charge in [-0.2, -0.15) is 0 Å². The van der Waals surface area contributed by atoms with Gasteiger partial charge in [-0.15, -0.1) is 0 Å². The third-order valence-electron chi connectivity index (χ3n) is 2.69. The summed E-state index contributed by atoms with van der Waals surface area (Å²) in [6, 6.07) is 6.83. The number of ketones is 1. The average molecular weight is 301 g/mol. The van der Waals surface area contributed by atoms with Crippen LogP contribution in [-0.4, -0.2) is 5.78 Å². The summed E-state index contributed by atoms with van der Waals surface area (Å²) in [6.07, 6.45) is 0. The van der Waals surface area contributed by atoms with E-state index in [0.717, 1.165) is 0 Å².